The lowest BCUT2D eigenvalue weighted by Crippen LogP contribution is -2.48. The Morgan fingerprint density at radius 2 is 0.875 bits per heavy atom. The van der Waals surface area contributed by atoms with Crippen LogP contribution in [0.25, 0.3) is 0 Å². The van der Waals surface area contributed by atoms with Crippen LogP contribution in [0.5, 0.6) is 0 Å². The van der Waals surface area contributed by atoms with Crippen LogP contribution in [0.4, 0.5) is 0 Å². The second-order valence-electron chi connectivity index (χ2n) is 6.41. The van der Waals surface area contributed by atoms with Gasteiger partial charge >= 0.3 is 0 Å². The van der Waals surface area contributed by atoms with E-state index in [1.165, 1.54) is 55.9 Å². The molecule has 9 nitrogen and oxygen atoms in total. The summed E-state index contributed by atoms with van der Waals surface area (Å²) in [5.41, 5.74) is 0.503. The van der Waals surface area contributed by atoms with E-state index in [4.69, 9.17) is 0 Å². The predicted octanol–water partition coefficient (Wildman–Crippen LogP) is -2.18. The Bertz CT molecular complexity index is 396. The SMILES string of the molecule is CC(O)N(C(C)O)C1C(=[N+](C(C)O)C(C)O)C1N(C(C)O)C(C)O. The quantitative estimate of drug-likeness (QED) is 0.215. The summed E-state index contributed by atoms with van der Waals surface area (Å²) in [6, 6.07) is -1.17. The zero-order valence-electron chi connectivity index (χ0n) is 15.1. The van der Waals surface area contributed by atoms with Crippen molar-refractivity contribution in [2.45, 2.75) is 91.0 Å². The molecule has 0 aromatic rings. The van der Waals surface area contributed by atoms with E-state index in [9.17, 15) is 30.6 Å². The van der Waals surface area contributed by atoms with Gasteiger partial charge in [-0.05, 0) is 27.7 Å². The Kier molecular flexibility index (Phi) is 7.27. The number of aliphatic hydroxyl groups is 6. The third kappa shape index (κ3) is 4.30. The first-order chi connectivity index (χ1) is 10.9. The summed E-state index contributed by atoms with van der Waals surface area (Å²) >= 11 is 0. The molecule has 0 amide bonds. The molecule has 0 aliphatic heterocycles. The Labute approximate surface area is 142 Å². The molecule has 6 N–H and O–H groups in total. The summed E-state index contributed by atoms with van der Waals surface area (Å²) in [5, 5.41) is 60.1. The molecule has 1 saturated carbocycles. The van der Waals surface area contributed by atoms with Crippen LogP contribution in [0, 0.1) is 0 Å². The Morgan fingerprint density at radius 3 is 1.04 bits per heavy atom. The topological polar surface area (TPSA) is 131 Å². The highest BCUT2D eigenvalue weighted by molar-refractivity contribution is 6.08. The van der Waals surface area contributed by atoms with Gasteiger partial charge in [-0.3, -0.25) is 0 Å². The average molecular weight is 350 g/mol. The van der Waals surface area contributed by atoms with Crippen molar-refractivity contribution < 1.29 is 35.2 Å². The number of aliphatic hydroxyl groups excluding tert-OH is 6. The fourth-order valence-electron chi connectivity index (χ4n) is 3.46. The monoisotopic (exact) mass is 350 g/mol. The van der Waals surface area contributed by atoms with Gasteiger partial charge in [-0.25, -0.2) is 9.80 Å². The van der Waals surface area contributed by atoms with Crippen LogP contribution in [0.1, 0.15) is 41.5 Å². The first-order valence-electron chi connectivity index (χ1n) is 8.21. The van der Waals surface area contributed by atoms with Crippen molar-refractivity contribution in [3.8, 4) is 0 Å². The minimum atomic E-state index is -1.03. The van der Waals surface area contributed by atoms with Crippen LogP contribution in [-0.4, -0.2) is 100 Å². The van der Waals surface area contributed by atoms with Gasteiger partial charge in [-0.15, -0.1) is 0 Å². The maximum atomic E-state index is 10.0. The molecule has 0 spiro atoms. The van der Waals surface area contributed by atoms with Crippen molar-refractivity contribution in [2.75, 3.05) is 0 Å². The molecule has 8 unspecified atom stereocenters. The molecule has 1 rings (SSSR count). The Balaban J connectivity index is 3.43. The molecule has 1 aliphatic carbocycles. The second kappa shape index (κ2) is 8.15. The van der Waals surface area contributed by atoms with Crippen LogP contribution < -0.4 is 0 Å². The second-order valence-corrected chi connectivity index (χ2v) is 6.41. The maximum Gasteiger partial charge on any atom is 0.254 e. The minimum absolute atomic E-state index is 0.503. The van der Waals surface area contributed by atoms with E-state index in [1.54, 1.807) is 0 Å². The van der Waals surface area contributed by atoms with Gasteiger partial charge in [0.15, 0.2) is 5.71 Å². The van der Waals surface area contributed by atoms with Gasteiger partial charge in [0.2, 0.25) is 0 Å². The molecule has 142 valence electrons. The number of rotatable bonds is 8. The number of hydrogen-bond acceptors (Lipinski definition) is 8. The van der Waals surface area contributed by atoms with Gasteiger partial charge in [0.25, 0.3) is 12.5 Å². The van der Waals surface area contributed by atoms with E-state index < -0.39 is 49.5 Å². The van der Waals surface area contributed by atoms with Gasteiger partial charge in [0, 0.05) is 13.8 Å². The van der Waals surface area contributed by atoms with E-state index in [-0.39, 0.29) is 0 Å². The van der Waals surface area contributed by atoms with E-state index in [2.05, 4.69) is 0 Å². The highest BCUT2D eigenvalue weighted by Crippen LogP contribution is 2.35. The first-order valence-corrected chi connectivity index (χ1v) is 8.21. The van der Waals surface area contributed by atoms with Crippen molar-refractivity contribution in [3.63, 3.8) is 0 Å². The third-order valence-corrected chi connectivity index (χ3v) is 4.27. The standard InChI is InChI=1S/C15H32N3O6/c1-7(19)16(8(2)20)13-14(17(9(3)21)10(4)22)15(13)18(11(5)23)12(6)24/h7-14,19-24H,1-6H3/q+1. The molecular weight excluding hydrogens is 318 g/mol. The molecule has 0 saturated heterocycles. The Morgan fingerprint density at radius 1 is 0.625 bits per heavy atom. The van der Waals surface area contributed by atoms with Crippen molar-refractivity contribution >= 4 is 5.71 Å². The molecule has 8 atom stereocenters. The van der Waals surface area contributed by atoms with E-state index in [0.717, 1.165) is 0 Å². The van der Waals surface area contributed by atoms with Crippen molar-refractivity contribution in [2.24, 2.45) is 0 Å². The van der Waals surface area contributed by atoms with E-state index >= 15 is 0 Å². The lowest BCUT2D eigenvalue weighted by atomic mass is 10.3. The molecule has 1 aliphatic rings. The lowest BCUT2D eigenvalue weighted by molar-refractivity contribution is -0.665. The molecule has 0 radical (unpaired) electrons. The minimum Gasteiger partial charge on any atom is -0.379 e. The fraction of sp³-hybridized carbons (Fsp3) is 0.933. The van der Waals surface area contributed by atoms with Gasteiger partial charge in [-0.2, -0.15) is 4.58 Å². The van der Waals surface area contributed by atoms with Crippen LogP contribution in [-0.2, 0) is 0 Å². The summed E-state index contributed by atoms with van der Waals surface area (Å²) in [6.07, 6.45) is -6.09. The van der Waals surface area contributed by atoms with Crippen LogP contribution in [0.3, 0.4) is 0 Å². The Hall–Kier alpha value is -0.650. The maximum absolute atomic E-state index is 10.0. The molecule has 0 bridgehead atoms. The first kappa shape index (κ1) is 21.4. The average Bonchev–Trinajstić information content (AvgIpc) is 3.00. The van der Waals surface area contributed by atoms with Crippen LogP contribution in [0.2, 0.25) is 0 Å². The molecular formula is C15H32N3O6+. The molecule has 24 heavy (non-hydrogen) atoms. The summed E-state index contributed by atoms with van der Waals surface area (Å²) in [5.74, 6) is 0. The fourth-order valence-corrected chi connectivity index (χ4v) is 3.46. The number of nitrogens with zero attached hydrogens (tertiary/aromatic N) is 3. The third-order valence-electron chi connectivity index (χ3n) is 4.27. The molecule has 1 fully saturated rings. The molecule has 0 heterocycles. The van der Waals surface area contributed by atoms with Gasteiger partial charge in [-0.1, -0.05) is 0 Å². The summed E-state index contributed by atoms with van der Waals surface area (Å²) < 4.78 is 1.34. The highest BCUT2D eigenvalue weighted by atomic mass is 16.3. The number of hydrogen-bond donors (Lipinski definition) is 6. The summed E-state index contributed by atoms with van der Waals surface area (Å²) in [7, 11) is 0. The molecule has 0 aromatic heterocycles. The van der Waals surface area contributed by atoms with E-state index in [1.807, 2.05) is 0 Å². The summed E-state index contributed by atoms with van der Waals surface area (Å²) in [4.78, 5) is 2.77. The van der Waals surface area contributed by atoms with Crippen LogP contribution >= 0.6 is 0 Å². The normalized spacial score (nSPS) is 28.5. The largest absolute Gasteiger partial charge is 0.379 e. The lowest BCUT2D eigenvalue weighted by Gasteiger charge is -2.31. The molecule has 0 aromatic carbocycles. The summed E-state index contributed by atoms with van der Waals surface area (Å²) in [6.45, 7) is 8.92. The zero-order chi connectivity index (χ0) is 18.9. The highest BCUT2D eigenvalue weighted by Gasteiger charge is 2.64. The van der Waals surface area contributed by atoms with E-state index in [0.29, 0.717) is 5.71 Å². The van der Waals surface area contributed by atoms with Crippen molar-refractivity contribution in [1.82, 2.24) is 9.80 Å². The zero-order valence-corrected chi connectivity index (χ0v) is 15.1. The van der Waals surface area contributed by atoms with Crippen molar-refractivity contribution in [1.29, 1.82) is 0 Å². The van der Waals surface area contributed by atoms with Gasteiger partial charge < -0.3 is 30.6 Å². The smallest absolute Gasteiger partial charge is 0.254 e. The molecule has 9 heteroatoms. The van der Waals surface area contributed by atoms with Gasteiger partial charge in [0.1, 0.15) is 37.0 Å². The van der Waals surface area contributed by atoms with Crippen molar-refractivity contribution in [3.05, 3.63) is 0 Å². The van der Waals surface area contributed by atoms with Gasteiger partial charge in [0.05, 0.1) is 0 Å². The predicted molar refractivity (Wildman–Crippen MR) is 86.6 cm³/mol. The van der Waals surface area contributed by atoms with Crippen LogP contribution in [0.15, 0.2) is 0 Å².